The molecule has 1 aliphatic rings. The largest absolute Gasteiger partial charge is 0.352 e. The number of amides is 3. The van der Waals surface area contributed by atoms with Gasteiger partial charge in [0.25, 0.3) is 0 Å². The number of primary amides is 1. The number of carbonyl (C=O) groups excluding carboxylic acids is 2. The fraction of sp³-hybridized carbons (Fsp3) is 0.500. The van der Waals surface area contributed by atoms with Crippen molar-refractivity contribution in [2.75, 3.05) is 13.1 Å². The lowest BCUT2D eigenvalue weighted by atomic mass is 9.97. The molecule has 6 heteroatoms. The van der Waals surface area contributed by atoms with E-state index in [0.29, 0.717) is 19.5 Å². The quantitative estimate of drug-likeness (QED) is 0.871. The lowest BCUT2D eigenvalue weighted by molar-refractivity contribution is -0.122. The first-order valence-electron chi connectivity index (χ1n) is 7.52. The van der Waals surface area contributed by atoms with Crippen LogP contribution in [0.5, 0.6) is 0 Å². The van der Waals surface area contributed by atoms with Crippen molar-refractivity contribution in [3.8, 4) is 0 Å². The van der Waals surface area contributed by atoms with Crippen LogP contribution in [0.3, 0.4) is 0 Å². The lowest BCUT2D eigenvalue weighted by Crippen LogP contribution is -2.40. The summed E-state index contributed by atoms with van der Waals surface area (Å²) in [5.41, 5.74) is 6.40. The molecule has 120 valence electrons. The van der Waals surface area contributed by atoms with Gasteiger partial charge in [-0.15, -0.1) is 0 Å². The van der Waals surface area contributed by atoms with Crippen molar-refractivity contribution in [1.29, 1.82) is 0 Å². The molecule has 0 aliphatic carbocycles. The SMILES string of the molecule is C[C@H](CC(=O)N[C@@H]1CCN(C(N)=O)C1)Cc1ccc(Cl)cc1. The molecule has 1 aromatic rings. The number of halogens is 1. The Morgan fingerprint density at radius 3 is 2.68 bits per heavy atom. The van der Waals surface area contributed by atoms with Gasteiger partial charge in [0, 0.05) is 30.6 Å². The van der Waals surface area contributed by atoms with E-state index < -0.39 is 6.03 Å². The zero-order chi connectivity index (χ0) is 16.1. The number of rotatable bonds is 5. The Morgan fingerprint density at radius 1 is 1.41 bits per heavy atom. The van der Waals surface area contributed by atoms with Crippen LogP contribution in [-0.2, 0) is 11.2 Å². The number of nitrogens with one attached hydrogen (secondary N) is 1. The Labute approximate surface area is 135 Å². The van der Waals surface area contributed by atoms with Crippen molar-refractivity contribution >= 4 is 23.5 Å². The first-order chi connectivity index (χ1) is 10.4. The molecule has 3 N–H and O–H groups in total. The average molecular weight is 324 g/mol. The molecule has 0 aromatic heterocycles. The van der Waals surface area contributed by atoms with Gasteiger partial charge in [-0.2, -0.15) is 0 Å². The summed E-state index contributed by atoms with van der Waals surface area (Å²) in [5, 5.41) is 3.70. The number of urea groups is 1. The molecule has 1 heterocycles. The number of nitrogens with zero attached hydrogens (tertiary/aromatic N) is 1. The molecule has 0 radical (unpaired) electrons. The van der Waals surface area contributed by atoms with E-state index in [0.717, 1.165) is 17.9 Å². The Hall–Kier alpha value is -1.75. The first-order valence-corrected chi connectivity index (χ1v) is 7.90. The molecular weight excluding hydrogens is 302 g/mol. The molecule has 0 bridgehead atoms. The minimum absolute atomic E-state index is 0.0164. The Balaban J connectivity index is 1.74. The number of nitrogens with two attached hydrogens (primary N) is 1. The van der Waals surface area contributed by atoms with E-state index in [4.69, 9.17) is 17.3 Å². The summed E-state index contributed by atoms with van der Waals surface area (Å²) in [6, 6.07) is 7.29. The van der Waals surface area contributed by atoms with Gasteiger partial charge in [-0.05, 0) is 36.5 Å². The topological polar surface area (TPSA) is 75.4 Å². The van der Waals surface area contributed by atoms with Crippen LogP contribution in [0, 0.1) is 5.92 Å². The van der Waals surface area contributed by atoms with Crippen LogP contribution >= 0.6 is 11.6 Å². The predicted molar refractivity (Wildman–Crippen MR) is 86.6 cm³/mol. The summed E-state index contributed by atoms with van der Waals surface area (Å²) in [6.07, 6.45) is 2.07. The molecule has 5 nitrogen and oxygen atoms in total. The van der Waals surface area contributed by atoms with Gasteiger partial charge in [-0.1, -0.05) is 30.7 Å². The predicted octanol–water partition coefficient (Wildman–Crippen LogP) is 2.18. The third-order valence-electron chi connectivity index (χ3n) is 3.90. The maximum atomic E-state index is 12.1. The van der Waals surface area contributed by atoms with E-state index in [1.807, 2.05) is 24.3 Å². The summed E-state index contributed by atoms with van der Waals surface area (Å²) in [7, 11) is 0. The van der Waals surface area contributed by atoms with Crippen molar-refractivity contribution in [2.45, 2.75) is 32.2 Å². The van der Waals surface area contributed by atoms with Crippen molar-refractivity contribution in [2.24, 2.45) is 11.7 Å². The number of likely N-dealkylation sites (tertiary alicyclic amines) is 1. The van der Waals surface area contributed by atoms with Gasteiger partial charge in [-0.3, -0.25) is 4.79 Å². The van der Waals surface area contributed by atoms with E-state index in [2.05, 4.69) is 12.2 Å². The molecule has 2 atom stereocenters. The standard InChI is InChI=1S/C16H22ClN3O2/c1-11(8-12-2-4-13(17)5-3-12)9-15(21)19-14-6-7-20(10-14)16(18)22/h2-5,11,14H,6-10H2,1H3,(H2,18,22)(H,19,21)/t11-,14+/m0/s1. The fourth-order valence-electron chi connectivity index (χ4n) is 2.78. The Morgan fingerprint density at radius 2 is 2.09 bits per heavy atom. The highest BCUT2D eigenvalue weighted by Gasteiger charge is 2.26. The van der Waals surface area contributed by atoms with E-state index in [1.165, 1.54) is 5.56 Å². The zero-order valence-electron chi connectivity index (χ0n) is 12.7. The van der Waals surface area contributed by atoms with Gasteiger partial charge in [0.1, 0.15) is 0 Å². The van der Waals surface area contributed by atoms with E-state index in [-0.39, 0.29) is 17.9 Å². The minimum Gasteiger partial charge on any atom is -0.352 e. The molecule has 22 heavy (non-hydrogen) atoms. The summed E-state index contributed by atoms with van der Waals surface area (Å²) in [5.74, 6) is 0.271. The van der Waals surface area contributed by atoms with Crippen molar-refractivity contribution in [3.05, 3.63) is 34.9 Å². The second-order valence-corrected chi connectivity index (χ2v) is 6.41. The monoisotopic (exact) mass is 323 g/mol. The summed E-state index contributed by atoms with van der Waals surface area (Å²) in [6.45, 7) is 3.17. The number of carbonyl (C=O) groups is 2. The molecule has 0 unspecified atom stereocenters. The van der Waals surface area contributed by atoms with Gasteiger partial charge >= 0.3 is 6.03 Å². The van der Waals surface area contributed by atoms with E-state index in [9.17, 15) is 9.59 Å². The lowest BCUT2D eigenvalue weighted by Gasteiger charge is -2.16. The van der Waals surface area contributed by atoms with Gasteiger partial charge in [-0.25, -0.2) is 4.79 Å². The summed E-state index contributed by atoms with van der Waals surface area (Å²) >= 11 is 5.86. The second kappa shape index (κ2) is 7.49. The maximum absolute atomic E-state index is 12.1. The van der Waals surface area contributed by atoms with Crippen LogP contribution < -0.4 is 11.1 Å². The number of hydrogen-bond acceptors (Lipinski definition) is 2. The van der Waals surface area contributed by atoms with Gasteiger partial charge in [0.15, 0.2) is 0 Å². The normalized spacial score (nSPS) is 19.0. The fourth-order valence-corrected chi connectivity index (χ4v) is 2.90. The number of hydrogen-bond donors (Lipinski definition) is 2. The van der Waals surface area contributed by atoms with Crippen LogP contribution in [-0.4, -0.2) is 36.0 Å². The summed E-state index contributed by atoms with van der Waals surface area (Å²) < 4.78 is 0. The van der Waals surface area contributed by atoms with Crippen molar-refractivity contribution in [1.82, 2.24) is 10.2 Å². The van der Waals surface area contributed by atoms with Gasteiger partial charge in [0.05, 0.1) is 0 Å². The smallest absolute Gasteiger partial charge is 0.314 e. The maximum Gasteiger partial charge on any atom is 0.314 e. The highest BCUT2D eigenvalue weighted by atomic mass is 35.5. The Bertz CT molecular complexity index is 533. The van der Waals surface area contributed by atoms with Crippen molar-refractivity contribution in [3.63, 3.8) is 0 Å². The molecule has 2 rings (SSSR count). The van der Waals surface area contributed by atoms with Gasteiger partial charge in [0.2, 0.25) is 5.91 Å². The van der Waals surface area contributed by atoms with Crippen LogP contribution in [0.1, 0.15) is 25.3 Å². The van der Waals surface area contributed by atoms with Crippen LogP contribution in [0.15, 0.2) is 24.3 Å². The number of benzene rings is 1. The third kappa shape index (κ3) is 4.91. The molecule has 1 aromatic carbocycles. The molecule has 3 amide bonds. The molecule has 0 saturated carbocycles. The van der Waals surface area contributed by atoms with Crippen molar-refractivity contribution < 1.29 is 9.59 Å². The van der Waals surface area contributed by atoms with E-state index in [1.54, 1.807) is 4.90 Å². The van der Waals surface area contributed by atoms with E-state index >= 15 is 0 Å². The third-order valence-corrected chi connectivity index (χ3v) is 4.15. The van der Waals surface area contributed by atoms with Crippen LogP contribution in [0.4, 0.5) is 4.79 Å². The molecular formula is C16H22ClN3O2. The zero-order valence-corrected chi connectivity index (χ0v) is 13.5. The first kappa shape index (κ1) is 16.6. The van der Waals surface area contributed by atoms with Crippen LogP contribution in [0.25, 0.3) is 0 Å². The van der Waals surface area contributed by atoms with Crippen LogP contribution in [0.2, 0.25) is 5.02 Å². The molecule has 1 aliphatic heterocycles. The highest BCUT2D eigenvalue weighted by Crippen LogP contribution is 2.16. The molecule has 0 spiro atoms. The highest BCUT2D eigenvalue weighted by molar-refractivity contribution is 6.30. The van der Waals surface area contributed by atoms with Gasteiger partial charge < -0.3 is 16.0 Å². The second-order valence-electron chi connectivity index (χ2n) is 5.98. The molecule has 1 saturated heterocycles. The average Bonchev–Trinajstić information content (AvgIpc) is 2.89. The molecule has 1 fully saturated rings. The Kier molecular flexibility index (Phi) is 5.66. The summed E-state index contributed by atoms with van der Waals surface area (Å²) in [4.78, 5) is 24.7. The minimum atomic E-state index is -0.423.